The highest BCUT2D eigenvalue weighted by atomic mass is 16.6. The van der Waals surface area contributed by atoms with Crippen LogP contribution in [0.1, 0.15) is 303 Å². The van der Waals surface area contributed by atoms with Crippen molar-refractivity contribution in [2.24, 2.45) is 0 Å². The summed E-state index contributed by atoms with van der Waals surface area (Å²) in [5, 5.41) is 0. The summed E-state index contributed by atoms with van der Waals surface area (Å²) in [4.78, 5) is 38.0. The maximum atomic E-state index is 12.8. The van der Waals surface area contributed by atoms with Crippen LogP contribution < -0.4 is 0 Å². The largest absolute Gasteiger partial charge is 0.462 e. The number of esters is 3. The molecule has 71 heavy (non-hydrogen) atoms. The molecule has 0 aromatic rings. The van der Waals surface area contributed by atoms with E-state index in [4.69, 9.17) is 14.2 Å². The fourth-order valence-electron chi connectivity index (χ4n) is 8.68. The third-order valence-corrected chi connectivity index (χ3v) is 13.2. The fourth-order valence-corrected chi connectivity index (χ4v) is 8.68. The van der Waals surface area contributed by atoms with Gasteiger partial charge in [0.25, 0.3) is 0 Å². The molecule has 1 atom stereocenters. The van der Waals surface area contributed by atoms with Crippen molar-refractivity contribution in [2.75, 3.05) is 13.2 Å². The number of ether oxygens (including phenoxy) is 3. The Hall–Kier alpha value is -3.15. The summed E-state index contributed by atoms with van der Waals surface area (Å²) >= 11 is 0. The van der Waals surface area contributed by atoms with E-state index in [2.05, 4.69) is 93.7 Å². The molecule has 0 heterocycles. The maximum absolute atomic E-state index is 12.8. The molecule has 0 fully saturated rings. The summed E-state index contributed by atoms with van der Waals surface area (Å²) in [6.07, 6.45) is 76.3. The summed E-state index contributed by atoms with van der Waals surface area (Å²) in [7, 11) is 0. The minimum atomic E-state index is -0.770. The van der Waals surface area contributed by atoms with Gasteiger partial charge in [-0.05, 0) is 70.6 Å². The average molecular weight is 992 g/mol. The number of carbonyl (C=O) groups is 3. The second kappa shape index (κ2) is 59.4. The van der Waals surface area contributed by atoms with Crippen molar-refractivity contribution < 1.29 is 28.6 Å². The van der Waals surface area contributed by atoms with Crippen molar-refractivity contribution >= 4 is 17.9 Å². The van der Waals surface area contributed by atoms with Crippen LogP contribution in [0.3, 0.4) is 0 Å². The van der Waals surface area contributed by atoms with Gasteiger partial charge >= 0.3 is 17.9 Å². The minimum Gasteiger partial charge on any atom is -0.462 e. The van der Waals surface area contributed by atoms with Crippen LogP contribution in [0.4, 0.5) is 0 Å². The molecule has 0 N–H and O–H groups in total. The molecule has 6 nitrogen and oxygen atoms in total. The maximum Gasteiger partial charge on any atom is 0.306 e. The van der Waals surface area contributed by atoms with Gasteiger partial charge in [0, 0.05) is 19.3 Å². The van der Waals surface area contributed by atoms with Gasteiger partial charge in [-0.25, -0.2) is 0 Å². The van der Waals surface area contributed by atoms with Gasteiger partial charge in [-0.15, -0.1) is 0 Å². The zero-order valence-electron chi connectivity index (χ0n) is 47.0. The first-order chi connectivity index (χ1) is 35.0. The van der Waals surface area contributed by atoms with Crippen LogP contribution in [-0.2, 0) is 28.6 Å². The van der Waals surface area contributed by atoms with Gasteiger partial charge in [0.15, 0.2) is 6.10 Å². The highest BCUT2D eigenvalue weighted by Crippen LogP contribution is 2.16. The number of unbranched alkanes of at least 4 members (excludes halogenated alkanes) is 32. The van der Waals surface area contributed by atoms with E-state index in [0.29, 0.717) is 19.3 Å². The SMILES string of the molecule is CC/C=C\C/C=C\C/C=C\C/C=C\C/C=C\C/C=C\CCCCCCCCCCCCCCC(=O)OCC(COC(=O)CCCCCCCCCCCC)OC(=O)CCCCCCCCCCCCCC. The number of rotatable bonds is 55. The van der Waals surface area contributed by atoms with Gasteiger partial charge in [0.05, 0.1) is 0 Å². The lowest BCUT2D eigenvalue weighted by Gasteiger charge is -2.18. The van der Waals surface area contributed by atoms with Crippen molar-refractivity contribution in [3.8, 4) is 0 Å². The van der Waals surface area contributed by atoms with E-state index >= 15 is 0 Å². The van der Waals surface area contributed by atoms with Crippen molar-refractivity contribution in [1.82, 2.24) is 0 Å². The second-order valence-electron chi connectivity index (χ2n) is 20.2. The summed E-state index contributed by atoms with van der Waals surface area (Å²) < 4.78 is 16.8. The van der Waals surface area contributed by atoms with Gasteiger partial charge < -0.3 is 14.2 Å². The lowest BCUT2D eigenvalue weighted by molar-refractivity contribution is -0.167. The first-order valence-corrected chi connectivity index (χ1v) is 30.4. The van der Waals surface area contributed by atoms with Crippen LogP contribution >= 0.6 is 0 Å². The highest BCUT2D eigenvalue weighted by Gasteiger charge is 2.19. The van der Waals surface area contributed by atoms with Crippen molar-refractivity contribution in [2.45, 2.75) is 309 Å². The van der Waals surface area contributed by atoms with Gasteiger partial charge in [0.2, 0.25) is 0 Å². The molecule has 0 aliphatic carbocycles. The molecular weight excluding hydrogens is 877 g/mol. The lowest BCUT2D eigenvalue weighted by Crippen LogP contribution is -2.30. The summed E-state index contributed by atoms with van der Waals surface area (Å²) in [6.45, 7) is 6.53. The molecule has 0 bridgehead atoms. The van der Waals surface area contributed by atoms with E-state index in [0.717, 1.165) is 96.3 Å². The number of carbonyl (C=O) groups excluding carboxylic acids is 3. The first-order valence-electron chi connectivity index (χ1n) is 30.4. The molecule has 0 aromatic heterocycles. The molecule has 6 heteroatoms. The summed E-state index contributed by atoms with van der Waals surface area (Å²) in [5.41, 5.74) is 0. The quantitative estimate of drug-likeness (QED) is 0.0261. The molecule has 0 aromatic carbocycles. The van der Waals surface area contributed by atoms with Gasteiger partial charge in [-0.2, -0.15) is 0 Å². The predicted molar refractivity (Wildman–Crippen MR) is 307 cm³/mol. The third-order valence-electron chi connectivity index (χ3n) is 13.2. The molecule has 0 saturated heterocycles. The Balaban J connectivity index is 4.11. The Morgan fingerprint density at radius 1 is 0.296 bits per heavy atom. The monoisotopic (exact) mass is 991 g/mol. The van der Waals surface area contributed by atoms with Crippen LogP contribution in [0.25, 0.3) is 0 Å². The number of allylic oxidation sites excluding steroid dienone is 12. The van der Waals surface area contributed by atoms with E-state index in [1.54, 1.807) is 0 Å². The molecule has 1 unspecified atom stereocenters. The topological polar surface area (TPSA) is 78.9 Å². The van der Waals surface area contributed by atoms with E-state index < -0.39 is 6.10 Å². The van der Waals surface area contributed by atoms with Crippen molar-refractivity contribution in [1.29, 1.82) is 0 Å². The highest BCUT2D eigenvalue weighted by molar-refractivity contribution is 5.71. The van der Waals surface area contributed by atoms with Crippen molar-refractivity contribution in [3.05, 3.63) is 72.9 Å². The van der Waals surface area contributed by atoms with Crippen molar-refractivity contribution in [3.63, 3.8) is 0 Å². The van der Waals surface area contributed by atoms with Gasteiger partial charge in [0.1, 0.15) is 13.2 Å². The molecule has 410 valence electrons. The Labute approximate surface area is 440 Å². The Bertz CT molecular complexity index is 1320. The van der Waals surface area contributed by atoms with Gasteiger partial charge in [-0.1, -0.05) is 286 Å². The molecule has 0 amide bonds. The van der Waals surface area contributed by atoms with Crippen LogP contribution in [-0.4, -0.2) is 37.2 Å². The van der Waals surface area contributed by atoms with Crippen LogP contribution in [0.15, 0.2) is 72.9 Å². The molecule has 0 aliphatic rings. The Morgan fingerprint density at radius 2 is 0.549 bits per heavy atom. The first kappa shape index (κ1) is 67.8. The average Bonchev–Trinajstić information content (AvgIpc) is 3.37. The lowest BCUT2D eigenvalue weighted by atomic mass is 10.0. The Morgan fingerprint density at radius 3 is 0.859 bits per heavy atom. The zero-order valence-corrected chi connectivity index (χ0v) is 47.0. The van der Waals surface area contributed by atoms with E-state index in [-0.39, 0.29) is 31.1 Å². The summed E-state index contributed by atoms with van der Waals surface area (Å²) in [6, 6.07) is 0. The van der Waals surface area contributed by atoms with E-state index in [1.165, 1.54) is 167 Å². The van der Waals surface area contributed by atoms with Gasteiger partial charge in [-0.3, -0.25) is 14.4 Å². The predicted octanol–water partition coefficient (Wildman–Crippen LogP) is 20.5. The number of hydrogen-bond acceptors (Lipinski definition) is 6. The number of hydrogen-bond donors (Lipinski definition) is 0. The van der Waals surface area contributed by atoms with E-state index in [9.17, 15) is 14.4 Å². The van der Waals surface area contributed by atoms with E-state index in [1.807, 2.05) is 0 Å². The molecule has 0 aliphatic heterocycles. The van der Waals surface area contributed by atoms with Crippen LogP contribution in [0.2, 0.25) is 0 Å². The smallest absolute Gasteiger partial charge is 0.306 e. The molecular formula is C65H114O6. The molecule has 0 radical (unpaired) electrons. The molecule has 0 saturated carbocycles. The van der Waals surface area contributed by atoms with Crippen LogP contribution in [0, 0.1) is 0 Å². The normalized spacial score (nSPS) is 12.5. The third kappa shape index (κ3) is 57.6. The second-order valence-corrected chi connectivity index (χ2v) is 20.2. The minimum absolute atomic E-state index is 0.0703. The fraction of sp³-hybridized carbons (Fsp3) is 0.769. The standard InChI is InChI=1S/C65H114O6/c1-4-7-10-13-16-19-22-24-25-26-27-28-29-30-31-32-33-34-35-36-37-38-39-40-41-42-44-46-49-52-55-58-64(67)70-61-62(60-69-63(66)57-54-51-48-45-21-18-15-12-9-6-3)71-65(68)59-56-53-50-47-43-23-20-17-14-11-8-5-2/h7,10,16,19,24-25,27-28,30-31,33-34,62H,4-6,8-9,11-15,17-18,20-23,26,29,32,35-61H2,1-3H3/b10-7-,19-16-,25-24-,28-27-,31-30-,34-33-. The zero-order chi connectivity index (χ0) is 51.4. The van der Waals surface area contributed by atoms with Crippen LogP contribution in [0.5, 0.6) is 0 Å². The molecule has 0 spiro atoms. The Kier molecular flexibility index (Phi) is 56.8. The summed E-state index contributed by atoms with van der Waals surface area (Å²) in [5.74, 6) is -0.862. The molecule has 0 rings (SSSR count).